The summed E-state index contributed by atoms with van der Waals surface area (Å²) in [5.41, 5.74) is 2.82. The fourth-order valence-electron chi connectivity index (χ4n) is 5.72. The third-order valence-electron chi connectivity index (χ3n) is 8.28. The Labute approximate surface area is 305 Å². The summed E-state index contributed by atoms with van der Waals surface area (Å²) < 4.78 is 36.6. The summed E-state index contributed by atoms with van der Waals surface area (Å²) in [4.78, 5) is 25.6. The molecular formula is C43H60O8. The van der Waals surface area contributed by atoms with Crippen molar-refractivity contribution in [3.63, 3.8) is 0 Å². The molecule has 2 atom stereocenters. The minimum Gasteiger partial charge on any atom is -0.488 e. The number of hydrogen-bond donors (Lipinski definition) is 0. The van der Waals surface area contributed by atoms with Crippen LogP contribution in [0, 0.1) is 6.92 Å². The number of unbranched alkanes of at least 4 members (excludes halogenated alkanes) is 6. The van der Waals surface area contributed by atoms with E-state index in [0.717, 1.165) is 89.6 Å². The first-order valence-electron chi connectivity index (χ1n) is 18.7. The number of benzene rings is 3. The molecule has 3 rings (SSSR count). The Morgan fingerprint density at radius 1 is 0.608 bits per heavy atom. The molecule has 0 amide bonds. The van der Waals surface area contributed by atoms with Crippen molar-refractivity contribution in [1.29, 1.82) is 0 Å². The minimum absolute atomic E-state index is 0.112. The van der Waals surface area contributed by atoms with Crippen LogP contribution in [0.15, 0.2) is 66.8 Å². The second-order valence-electron chi connectivity index (χ2n) is 13.7. The maximum Gasteiger partial charge on any atom is 0.306 e. The molecule has 0 saturated heterocycles. The first-order chi connectivity index (χ1) is 24.6. The average molecular weight is 705 g/mol. The molecule has 0 aliphatic rings. The largest absolute Gasteiger partial charge is 0.488 e. The molecule has 0 aliphatic carbocycles. The standard InChI is InChI=1S/C43H60O8/c1-8-10-12-14-20-40(44)50-34(27-46-25-31(3)4)29-48-42-36-18-16-17-19-37(36)43(39-24-33(7)22-23-38(39)42)49-30-35(28-47-26-32(5)6)51-41(45)21-15-13-11-9-2/h16-19,22-24,34-35H,3,5,8-15,20-21,25-30H2,1-2,4,6-7H3. The number of fused-ring (bicyclic) bond motifs is 2. The number of carbonyl (C=O) groups excluding carboxylic acids is 2. The van der Waals surface area contributed by atoms with E-state index in [9.17, 15) is 9.59 Å². The zero-order valence-corrected chi connectivity index (χ0v) is 31.7. The van der Waals surface area contributed by atoms with Gasteiger partial charge in [0.05, 0.1) is 26.4 Å². The van der Waals surface area contributed by atoms with Crippen LogP contribution in [0.25, 0.3) is 21.5 Å². The van der Waals surface area contributed by atoms with Crippen molar-refractivity contribution < 1.29 is 38.0 Å². The highest BCUT2D eigenvalue weighted by Crippen LogP contribution is 2.43. The molecule has 0 bridgehead atoms. The van der Waals surface area contributed by atoms with Gasteiger partial charge in [-0.1, -0.05) is 119 Å². The number of rotatable bonds is 26. The van der Waals surface area contributed by atoms with Crippen LogP contribution in [0.3, 0.4) is 0 Å². The normalized spacial score (nSPS) is 12.4. The lowest BCUT2D eigenvalue weighted by Gasteiger charge is -2.23. The molecule has 0 heterocycles. The highest BCUT2D eigenvalue weighted by molar-refractivity contribution is 6.11. The average Bonchev–Trinajstić information content (AvgIpc) is 3.09. The molecule has 0 spiro atoms. The zero-order valence-electron chi connectivity index (χ0n) is 31.7. The van der Waals surface area contributed by atoms with Gasteiger partial charge < -0.3 is 28.4 Å². The van der Waals surface area contributed by atoms with Gasteiger partial charge in [0.25, 0.3) is 0 Å². The van der Waals surface area contributed by atoms with Crippen LogP contribution in [0.2, 0.25) is 0 Å². The number of aryl methyl sites for hydroxylation is 1. The predicted octanol–water partition coefficient (Wildman–Crippen LogP) is 10.0. The monoisotopic (exact) mass is 704 g/mol. The zero-order chi connectivity index (χ0) is 37.0. The summed E-state index contributed by atoms with van der Waals surface area (Å²) in [6, 6.07) is 14.0. The molecule has 0 aromatic heterocycles. The van der Waals surface area contributed by atoms with Crippen LogP contribution < -0.4 is 9.47 Å². The van der Waals surface area contributed by atoms with Crippen molar-refractivity contribution in [1.82, 2.24) is 0 Å². The molecule has 0 fully saturated rings. The molecule has 0 aliphatic heterocycles. The highest BCUT2D eigenvalue weighted by atomic mass is 16.6. The lowest BCUT2D eigenvalue weighted by molar-refractivity contribution is -0.154. The van der Waals surface area contributed by atoms with Gasteiger partial charge >= 0.3 is 11.9 Å². The van der Waals surface area contributed by atoms with Crippen LogP contribution in [-0.4, -0.2) is 63.8 Å². The minimum atomic E-state index is -0.603. The first-order valence-corrected chi connectivity index (χ1v) is 18.7. The summed E-state index contributed by atoms with van der Waals surface area (Å²) in [6.07, 6.45) is 7.48. The van der Waals surface area contributed by atoms with Gasteiger partial charge in [0.15, 0.2) is 12.2 Å². The summed E-state index contributed by atoms with van der Waals surface area (Å²) >= 11 is 0. The topological polar surface area (TPSA) is 89.5 Å². The Morgan fingerprint density at radius 2 is 1.06 bits per heavy atom. The van der Waals surface area contributed by atoms with E-state index in [-0.39, 0.29) is 38.4 Å². The van der Waals surface area contributed by atoms with Gasteiger partial charge in [-0.2, -0.15) is 0 Å². The van der Waals surface area contributed by atoms with Gasteiger partial charge in [-0.05, 0) is 39.7 Å². The molecule has 2 unspecified atom stereocenters. The van der Waals surface area contributed by atoms with Crippen molar-refractivity contribution in [2.75, 3.05) is 39.6 Å². The Kier molecular flexibility index (Phi) is 18.6. The predicted molar refractivity (Wildman–Crippen MR) is 206 cm³/mol. The maximum absolute atomic E-state index is 12.8. The second-order valence-corrected chi connectivity index (χ2v) is 13.7. The highest BCUT2D eigenvalue weighted by Gasteiger charge is 2.22. The molecule has 0 N–H and O–H groups in total. The van der Waals surface area contributed by atoms with Crippen molar-refractivity contribution in [3.8, 4) is 11.5 Å². The van der Waals surface area contributed by atoms with Gasteiger partial charge in [-0.25, -0.2) is 0 Å². The van der Waals surface area contributed by atoms with E-state index < -0.39 is 12.2 Å². The first kappa shape index (κ1) is 41.5. The van der Waals surface area contributed by atoms with Crippen LogP contribution in [0.1, 0.15) is 97.5 Å². The van der Waals surface area contributed by atoms with E-state index >= 15 is 0 Å². The van der Waals surface area contributed by atoms with E-state index in [1.54, 1.807) is 0 Å². The van der Waals surface area contributed by atoms with Gasteiger partial charge in [-0.15, -0.1) is 0 Å². The van der Waals surface area contributed by atoms with E-state index in [0.29, 0.717) is 37.6 Å². The summed E-state index contributed by atoms with van der Waals surface area (Å²) in [7, 11) is 0. The van der Waals surface area contributed by atoms with Crippen LogP contribution in [-0.2, 0) is 28.5 Å². The van der Waals surface area contributed by atoms with Crippen LogP contribution in [0.5, 0.6) is 11.5 Å². The molecular weight excluding hydrogens is 644 g/mol. The lowest BCUT2D eigenvalue weighted by atomic mass is 9.99. The summed E-state index contributed by atoms with van der Waals surface area (Å²) in [6.45, 7) is 19.3. The van der Waals surface area contributed by atoms with Crippen molar-refractivity contribution in [2.24, 2.45) is 0 Å². The van der Waals surface area contributed by atoms with Gasteiger partial charge in [0, 0.05) is 34.4 Å². The van der Waals surface area contributed by atoms with E-state index in [1.807, 2.05) is 57.2 Å². The number of carbonyl (C=O) groups is 2. The second kappa shape index (κ2) is 22.8. The molecule has 51 heavy (non-hydrogen) atoms. The molecule has 0 saturated carbocycles. The van der Waals surface area contributed by atoms with E-state index in [4.69, 9.17) is 28.4 Å². The number of esters is 2. The lowest BCUT2D eigenvalue weighted by Crippen LogP contribution is -2.30. The van der Waals surface area contributed by atoms with Crippen molar-refractivity contribution in [3.05, 3.63) is 72.3 Å². The Morgan fingerprint density at radius 3 is 1.51 bits per heavy atom. The Balaban J connectivity index is 1.89. The van der Waals surface area contributed by atoms with Gasteiger partial charge in [-0.3, -0.25) is 9.59 Å². The molecule has 8 nitrogen and oxygen atoms in total. The molecule has 3 aromatic rings. The van der Waals surface area contributed by atoms with E-state index in [2.05, 4.69) is 33.1 Å². The SMILES string of the molecule is C=C(C)COCC(COc1c2ccccc2c(OCC(COCC(=C)C)OC(=O)CCCCCC)c2cc(C)ccc12)OC(=O)CCCCCC. The van der Waals surface area contributed by atoms with Crippen molar-refractivity contribution in [2.45, 2.75) is 111 Å². The molecule has 0 radical (unpaired) electrons. The fraction of sp³-hybridized carbons (Fsp3) is 0.535. The third kappa shape index (κ3) is 14.7. The van der Waals surface area contributed by atoms with Crippen molar-refractivity contribution >= 4 is 33.5 Å². The summed E-state index contributed by atoms with van der Waals surface area (Å²) in [5.74, 6) is 0.824. The Bertz CT molecular complexity index is 1560. The van der Waals surface area contributed by atoms with Gasteiger partial charge in [0.1, 0.15) is 24.7 Å². The smallest absolute Gasteiger partial charge is 0.306 e. The maximum atomic E-state index is 12.8. The number of hydrogen-bond acceptors (Lipinski definition) is 8. The molecule has 8 heteroatoms. The van der Waals surface area contributed by atoms with E-state index in [1.165, 1.54) is 0 Å². The number of ether oxygens (including phenoxy) is 6. The Hall–Kier alpha value is -3.88. The third-order valence-corrected chi connectivity index (χ3v) is 8.28. The fourth-order valence-corrected chi connectivity index (χ4v) is 5.72. The summed E-state index contributed by atoms with van der Waals surface area (Å²) in [5, 5.41) is 3.41. The quantitative estimate of drug-likeness (QED) is 0.0353. The molecule has 3 aromatic carbocycles. The van der Waals surface area contributed by atoms with Gasteiger partial charge in [0.2, 0.25) is 0 Å². The van der Waals surface area contributed by atoms with Crippen LogP contribution in [0.4, 0.5) is 0 Å². The van der Waals surface area contributed by atoms with Crippen LogP contribution >= 0.6 is 0 Å². The molecule has 280 valence electrons.